The van der Waals surface area contributed by atoms with E-state index in [1.807, 2.05) is 6.92 Å². The van der Waals surface area contributed by atoms with Gasteiger partial charge in [0.05, 0.1) is 23.0 Å². The monoisotopic (exact) mass is 517 g/mol. The molecular formula is C27H28FN7O3. The number of halogens is 1. The van der Waals surface area contributed by atoms with Crippen molar-refractivity contribution in [3.8, 4) is 22.5 Å². The Morgan fingerprint density at radius 3 is 2.53 bits per heavy atom. The molecular weight excluding hydrogens is 489 g/mol. The first-order valence-electron chi connectivity index (χ1n) is 12.7. The van der Waals surface area contributed by atoms with Crippen LogP contribution in [-0.4, -0.2) is 65.0 Å². The number of Topliss-reactive ketones (excluding diaryl/α,β-unsaturated/α-hetero) is 1. The minimum Gasteiger partial charge on any atom is -0.387 e. The Kier molecular flexibility index (Phi) is 5.75. The fraction of sp³-hybridized carbons (Fsp3) is 0.370. The number of nitrogens with zero attached hydrogens (tertiary/aromatic N) is 5. The highest BCUT2D eigenvalue weighted by molar-refractivity contribution is 6.00. The molecule has 3 aromatic heterocycles. The number of nitrogen functional groups attached to an aromatic ring is 1. The van der Waals surface area contributed by atoms with Crippen LogP contribution >= 0.6 is 0 Å². The number of aliphatic hydroxyl groups is 1. The van der Waals surface area contributed by atoms with Gasteiger partial charge in [0.15, 0.2) is 11.4 Å². The van der Waals surface area contributed by atoms with Crippen molar-refractivity contribution in [2.75, 3.05) is 12.3 Å². The lowest BCUT2D eigenvalue weighted by atomic mass is 9.85. The number of fused-ring (bicyclic) bond motifs is 3. The van der Waals surface area contributed by atoms with Crippen LogP contribution in [0.15, 0.2) is 30.6 Å². The third-order valence-electron chi connectivity index (χ3n) is 7.84. The summed E-state index contributed by atoms with van der Waals surface area (Å²) in [6, 6.07) is 4.82. The highest BCUT2D eigenvalue weighted by Gasteiger charge is 2.44. The molecule has 0 aliphatic carbocycles. The first-order chi connectivity index (χ1) is 18.3. The first-order valence-corrected chi connectivity index (χ1v) is 12.7. The molecule has 10 nitrogen and oxygen atoms in total. The second-order valence-electron chi connectivity index (χ2n) is 10.2. The Labute approximate surface area is 217 Å². The molecule has 0 radical (unpaired) electrons. The lowest BCUT2D eigenvalue weighted by Crippen LogP contribution is -2.47. The van der Waals surface area contributed by atoms with Crippen LogP contribution in [0.1, 0.15) is 60.3 Å². The minimum atomic E-state index is -0.512. The molecule has 2 saturated heterocycles. The van der Waals surface area contributed by atoms with Crippen LogP contribution in [0, 0.1) is 12.7 Å². The molecule has 1 aromatic carbocycles. The Morgan fingerprint density at radius 1 is 1.18 bits per heavy atom. The number of benzene rings is 1. The molecule has 38 heavy (non-hydrogen) atoms. The number of rotatable bonds is 5. The molecule has 0 saturated carbocycles. The SMILES string of the molecule is CC(=O)c1c(C2C[C@H]3CC[C@@H](C2)N3C(=O)CO)nc2c(-c3ccc(-c4ncc(C)[nH]4)c(F)c3)cnn2c1N. The number of H-pyrrole nitrogens is 1. The lowest BCUT2D eigenvalue weighted by molar-refractivity contribution is -0.138. The quantitative estimate of drug-likeness (QED) is 0.345. The van der Waals surface area contributed by atoms with Gasteiger partial charge in [-0.15, -0.1) is 0 Å². The Morgan fingerprint density at radius 2 is 1.92 bits per heavy atom. The standard InChI is InChI=1S/C27H28FN7O3/c1-13-10-30-26(32-13)19-6-3-15(9-21(19)28)20-11-31-35-25(29)23(14(2)37)24(33-27(20)35)16-7-17-4-5-18(8-16)34(17)22(38)12-36/h3,6,9-11,16-18,36H,4-5,7-8,12,29H2,1-2H3,(H,30,32)/t16?,17-,18+. The zero-order chi connectivity index (χ0) is 26.7. The zero-order valence-electron chi connectivity index (χ0n) is 21.1. The number of aliphatic hydroxyl groups excluding tert-OH is 1. The van der Waals surface area contributed by atoms with E-state index in [1.54, 1.807) is 29.4 Å². The molecule has 2 aliphatic rings. The molecule has 2 fully saturated rings. The number of aromatic nitrogens is 5. The number of ketones is 1. The van der Waals surface area contributed by atoms with E-state index in [-0.39, 0.29) is 35.5 Å². The predicted octanol–water partition coefficient (Wildman–Crippen LogP) is 3.25. The molecule has 1 unspecified atom stereocenters. The van der Waals surface area contributed by atoms with E-state index >= 15 is 4.39 Å². The predicted molar refractivity (Wildman–Crippen MR) is 138 cm³/mol. The van der Waals surface area contributed by atoms with Gasteiger partial charge < -0.3 is 20.7 Å². The van der Waals surface area contributed by atoms with E-state index in [4.69, 9.17) is 10.7 Å². The van der Waals surface area contributed by atoms with Gasteiger partial charge in [0.25, 0.3) is 0 Å². The Hall–Kier alpha value is -4.12. The summed E-state index contributed by atoms with van der Waals surface area (Å²) in [4.78, 5) is 39.1. The molecule has 4 aromatic rings. The van der Waals surface area contributed by atoms with Crippen LogP contribution in [0.3, 0.4) is 0 Å². The van der Waals surface area contributed by atoms with Gasteiger partial charge in [-0.2, -0.15) is 9.61 Å². The van der Waals surface area contributed by atoms with E-state index in [2.05, 4.69) is 15.1 Å². The molecule has 6 rings (SSSR count). The molecule has 2 bridgehead atoms. The maximum absolute atomic E-state index is 15.2. The van der Waals surface area contributed by atoms with Crippen molar-refractivity contribution in [2.45, 2.75) is 57.5 Å². The molecule has 5 heterocycles. The maximum atomic E-state index is 15.2. The van der Waals surface area contributed by atoms with Crippen LogP contribution < -0.4 is 5.73 Å². The first kappa shape index (κ1) is 24.2. The molecule has 0 spiro atoms. The van der Waals surface area contributed by atoms with Crippen LogP contribution in [0.25, 0.3) is 28.2 Å². The number of piperidine rings is 1. The lowest BCUT2D eigenvalue weighted by Gasteiger charge is -2.39. The van der Waals surface area contributed by atoms with Crippen molar-refractivity contribution in [3.63, 3.8) is 0 Å². The number of amides is 1. The van der Waals surface area contributed by atoms with Crippen molar-refractivity contribution in [1.29, 1.82) is 0 Å². The molecule has 4 N–H and O–H groups in total. The number of carbonyl (C=O) groups excluding carboxylic acids is 2. The van der Waals surface area contributed by atoms with Gasteiger partial charge in [-0.3, -0.25) is 9.59 Å². The number of aryl methyl sites for hydroxylation is 1. The normalized spacial score (nSPS) is 20.8. The van der Waals surface area contributed by atoms with Crippen LogP contribution in [0.4, 0.5) is 10.2 Å². The summed E-state index contributed by atoms with van der Waals surface area (Å²) in [5.74, 6) is -0.378. The van der Waals surface area contributed by atoms with E-state index in [0.717, 1.165) is 18.5 Å². The number of nitrogens with one attached hydrogen (secondary N) is 1. The zero-order valence-corrected chi connectivity index (χ0v) is 21.1. The van der Waals surface area contributed by atoms with E-state index in [1.165, 1.54) is 17.5 Å². The highest BCUT2D eigenvalue weighted by Crippen LogP contribution is 2.44. The summed E-state index contributed by atoms with van der Waals surface area (Å²) in [6.45, 7) is 2.79. The van der Waals surface area contributed by atoms with Gasteiger partial charge in [0, 0.05) is 35.5 Å². The second kappa shape index (κ2) is 9.02. The number of imidazole rings is 1. The molecule has 11 heteroatoms. The number of carbonyl (C=O) groups is 2. The number of hydrogen-bond donors (Lipinski definition) is 3. The number of anilines is 1. The summed E-state index contributed by atoms with van der Waals surface area (Å²) in [7, 11) is 0. The summed E-state index contributed by atoms with van der Waals surface area (Å²) in [5.41, 5.74) is 10.2. The summed E-state index contributed by atoms with van der Waals surface area (Å²) in [5, 5.41) is 13.8. The van der Waals surface area contributed by atoms with Crippen molar-refractivity contribution in [2.24, 2.45) is 0 Å². The van der Waals surface area contributed by atoms with Gasteiger partial charge in [0.2, 0.25) is 5.91 Å². The van der Waals surface area contributed by atoms with Gasteiger partial charge >= 0.3 is 0 Å². The second-order valence-corrected chi connectivity index (χ2v) is 10.2. The van der Waals surface area contributed by atoms with Crippen LogP contribution in [-0.2, 0) is 4.79 Å². The summed E-state index contributed by atoms with van der Waals surface area (Å²) in [6.07, 6.45) is 6.16. The number of hydrogen-bond acceptors (Lipinski definition) is 7. The van der Waals surface area contributed by atoms with E-state index in [0.29, 0.717) is 52.3 Å². The largest absolute Gasteiger partial charge is 0.387 e. The summed E-state index contributed by atoms with van der Waals surface area (Å²) < 4.78 is 16.6. The van der Waals surface area contributed by atoms with Crippen LogP contribution in [0.5, 0.6) is 0 Å². The van der Waals surface area contributed by atoms with Gasteiger partial charge in [0.1, 0.15) is 24.1 Å². The summed E-state index contributed by atoms with van der Waals surface area (Å²) >= 11 is 0. The Balaban J connectivity index is 1.43. The molecule has 2 aliphatic heterocycles. The fourth-order valence-electron chi connectivity index (χ4n) is 6.21. The van der Waals surface area contributed by atoms with Crippen molar-refractivity contribution in [1.82, 2.24) is 29.5 Å². The van der Waals surface area contributed by atoms with Crippen LogP contribution in [0.2, 0.25) is 0 Å². The van der Waals surface area contributed by atoms with E-state index < -0.39 is 12.4 Å². The molecule has 1 amide bonds. The smallest absolute Gasteiger partial charge is 0.248 e. The maximum Gasteiger partial charge on any atom is 0.248 e. The average Bonchev–Trinajstić information content (AvgIpc) is 3.58. The van der Waals surface area contributed by atoms with Crippen molar-refractivity contribution < 1.29 is 19.1 Å². The van der Waals surface area contributed by atoms with Gasteiger partial charge in [-0.1, -0.05) is 6.07 Å². The third-order valence-corrected chi connectivity index (χ3v) is 7.84. The van der Waals surface area contributed by atoms with E-state index in [9.17, 15) is 14.7 Å². The average molecular weight is 518 g/mol. The van der Waals surface area contributed by atoms with Gasteiger partial charge in [-0.05, 0) is 57.2 Å². The van der Waals surface area contributed by atoms with Crippen molar-refractivity contribution >= 4 is 23.2 Å². The number of aromatic amines is 1. The number of nitrogens with two attached hydrogens (primary N) is 1. The third kappa shape index (κ3) is 3.76. The molecule has 196 valence electrons. The Bertz CT molecular complexity index is 1580. The van der Waals surface area contributed by atoms with Crippen molar-refractivity contribution in [3.05, 3.63) is 53.4 Å². The minimum absolute atomic E-state index is 0.0197. The highest BCUT2D eigenvalue weighted by atomic mass is 19.1. The topological polar surface area (TPSA) is 142 Å². The molecule has 3 atom stereocenters. The van der Waals surface area contributed by atoms with Gasteiger partial charge in [-0.25, -0.2) is 14.4 Å². The fourth-order valence-corrected chi connectivity index (χ4v) is 6.21.